The Morgan fingerprint density at radius 2 is 2.05 bits per heavy atom. The van der Waals surface area contributed by atoms with E-state index in [1.165, 1.54) is 16.0 Å². The lowest BCUT2D eigenvalue weighted by Crippen LogP contribution is -1.99. The molecular weight excluding hydrogens is 296 g/mol. The lowest BCUT2D eigenvalue weighted by Gasteiger charge is -2.04. The van der Waals surface area contributed by atoms with Gasteiger partial charge in [0.1, 0.15) is 16.8 Å². The van der Waals surface area contributed by atoms with E-state index in [-0.39, 0.29) is 5.69 Å². The van der Waals surface area contributed by atoms with Crippen LogP contribution in [0.4, 0.5) is 0 Å². The fraction of sp³-hybridized carbons (Fsp3) is 0.0833. The van der Waals surface area contributed by atoms with Gasteiger partial charge in [-0.15, -0.1) is 15.3 Å². The monoisotopic (exact) mass is 302 g/mol. The van der Waals surface area contributed by atoms with Crippen molar-refractivity contribution in [3.05, 3.63) is 40.0 Å². The lowest BCUT2D eigenvalue weighted by molar-refractivity contribution is 0.787. The highest BCUT2D eigenvalue weighted by molar-refractivity contribution is 7.13. The van der Waals surface area contributed by atoms with Gasteiger partial charge in [-0.05, 0) is 13.0 Å². The highest BCUT2D eigenvalue weighted by atomic mass is 35.5. The van der Waals surface area contributed by atoms with Crippen molar-refractivity contribution in [1.82, 2.24) is 25.2 Å². The van der Waals surface area contributed by atoms with Crippen molar-refractivity contribution in [3.63, 3.8) is 0 Å². The van der Waals surface area contributed by atoms with Crippen molar-refractivity contribution in [2.75, 3.05) is 0 Å². The summed E-state index contributed by atoms with van der Waals surface area (Å²) in [6, 6.07) is 9.24. The number of halogens is 1. The van der Waals surface area contributed by atoms with E-state index >= 15 is 0 Å². The number of aromatic nitrogens is 5. The van der Waals surface area contributed by atoms with Crippen molar-refractivity contribution in [2.45, 2.75) is 6.92 Å². The Labute approximate surface area is 123 Å². The zero-order valence-corrected chi connectivity index (χ0v) is 11.9. The van der Waals surface area contributed by atoms with E-state index in [2.05, 4.69) is 20.5 Å². The van der Waals surface area contributed by atoms with Gasteiger partial charge in [0.05, 0.1) is 5.02 Å². The van der Waals surface area contributed by atoms with Gasteiger partial charge in [-0.2, -0.15) is 9.94 Å². The van der Waals surface area contributed by atoms with E-state index in [1.54, 1.807) is 6.07 Å². The van der Waals surface area contributed by atoms with Gasteiger partial charge in [0.25, 0.3) is 0 Å². The predicted molar refractivity (Wildman–Crippen MR) is 74.7 cm³/mol. The molecule has 0 atom stereocenters. The smallest absolute Gasteiger partial charge is 0.191 e. The summed E-state index contributed by atoms with van der Waals surface area (Å²) in [6.07, 6.45) is 0. The van der Waals surface area contributed by atoms with Gasteiger partial charge in [-0.25, -0.2) is 0 Å². The summed E-state index contributed by atoms with van der Waals surface area (Å²) in [5, 5.41) is 26.9. The van der Waals surface area contributed by atoms with Crippen molar-refractivity contribution in [1.29, 1.82) is 5.26 Å². The molecule has 2 heterocycles. The summed E-state index contributed by atoms with van der Waals surface area (Å²) in [6.45, 7) is 1.85. The molecule has 0 amide bonds. The topological polar surface area (TPSA) is 80.3 Å². The van der Waals surface area contributed by atoms with E-state index < -0.39 is 0 Å². The molecule has 6 nitrogen and oxygen atoms in total. The Morgan fingerprint density at radius 1 is 1.25 bits per heavy atom. The van der Waals surface area contributed by atoms with Gasteiger partial charge in [0.2, 0.25) is 5.13 Å². The maximum Gasteiger partial charge on any atom is 0.234 e. The van der Waals surface area contributed by atoms with Crippen LogP contribution >= 0.6 is 22.9 Å². The third kappa shape index (κ3) is 2.05. The first-order valence-corrected chi connectivity index (χ1v) is 6.81. The van der Waals surface area contributed by atoms with Crippen LogP contribution < -0.4 is 0 Å². The second-order valence-corrected chi connectivity index (χ2v) is 5.46. The van der Waals surface area contributed by atoms with Gasteiger partial charge in [-0.3, -0.25) is 0 Å². The number of nitriles is 1. The zero-order valence-electron chi connectivity index (χ0n) is 10.3. The first kappa shape index (κ1) is 12.7. The molecule has 3 aromatic rings. The Hall–Kier alpha value is -2.30. The Kier molecular flexibility index (Phi) is 3.18. The minimum Gasteiger partial charge on any atom is -0.191 e. The highest BCUT2D eigenvalue weighted by Gasteiger charge is 2.20. The van der Waals surface area contributed by atoms with Crippen LogP contribution in [0.5, 0.6) is 0 Å². The molecule has 0 saturated carbocycles. The first-order chi connectivity index (χ1) is 9.70. The van der Waals surface area contributed by atoms with Crippen LogP contribution in [-0.2, 0) is 0 Å². The molecule has 0 bridgehead atoms. The van der Waals surface area contributed by atoms with Crippen LogP contribution in [0.2, 0.25) is 5.02 Å². The molecule has 0 radical (unpaired) electrons. The average Bonchev–Trinajstić information content (AvgIpc) is 3.05. The molecule has 0 aliphatic carbocycles. The van der Waals surface area contributed by atoms with Gasteiger partial charge in [0.15, 0.2) is 5.69 Å². The molecular formula is C12H7ClN6S. The summed E-state index contributed by atoms with van der Waals surface area (Å²) in [7, 11) is 0. The standard InChI is InChI=1S/C12H7ClN6S/c1-7-15-17-12(20-7)19-11(10(6-14)16-18-19)8-4-2-3-5-9(8)13/h2-5H,1H3. The maximum absolute atomic E-state index is 9.19. The Bertz CT molecular complexity index is 815. The van der Waals surface area contributed by atoms with Crippen LogP contribution in [0, 0.1) is 18.3 Å². The molecule has 0 aliphatic rings. The zero-order chi connectivity index (χ0) is 14.1. The number of rotatable bonds is 2. The fourth-order valence-electron chi connectivity index (χ4n) is 1.76. The molecule has 0 aliphatic heterocycles. The van der Waals surface area contributed by atoms with E-state index in [9.17, 15) is 5.26 Å². The first-order valence-electron chi connectivity index (χ1n) is 5.62. The second kappa shape index (κ2) is 5.00. The van der Waals surface area contributed by atoms with Gasteiger partial charge in [0, 0.05) is 5.56 Å². The molecule has 8 heteroatoms. The third-order valence-corrected chi connectivity index (χ3v) is 3.75. The van der Waals surface area contributed by atoms with E-state index in [0.29, 0.717) is 21.4 Å². The minimum absolute atomic E-state index is 0.200. The van der Waals surface area contributed by atoms with Crippen LogP contribution in [0.3, 0.4) is 0 Å². The maximum atomic E-state index is 9.19. The molecule has 0 fully saturated rings. The van der Waals surface area contributed by atoms with E-state index in [1.807, 2.05) is 31.2 Å². The summed E-state index contributed by atoms with van der Waals surface area (Å²) >= 11 is 7.56. The lowest BCUT2D eigenvalue weighted by atomic mass is 10.1. The molecule has 98 valence electrons. The SMILES string of the molecule is Cc1nnc(-n2nnc(C#N)c2-c2ccccc2Cl)s1. The van der Waals surface area contributed by atoms with Crippen molar-refractivity contribution in [3.8, 4) is 22.5 Å². The van der Waals surface area contributed by atoms with Crippen LogP contribution in [0.25, 0.3) is 16.4 Å². The average molecular weight is 303 g/mol. The number of aryl methyl sites for hydroxylation is 1. The molecule has 0 saturated heterocycles. The summed E-state index contributed by atoms with van der Waals surface area (Å²) in [4.78, 5) is 0. The van der Waals surface area contributed by atoms with Crippen LogP contribution in [0.1, 0.15) is 10.7 Å². The van der Waals surface area contributed by atoms with Crippen molar-refractivity contribution in [2.24, 2.45) is 0 Å². The number of hydrogen-bond acceptors (Lipinski definition) is 6. The van der Waals surface area contributed by atoms with Crippen LogP contribution in [0.15, 0.2) is 24.3 Å². The molecule has 2 aromatic heterocycles. The second-order valence-electron chi connectivity index (χ2n) is 3.89. The van der Waals surface area contributed by atoms with Gasteiger partial charge in [-0.1, -0.05) is 46.4 Å². The predicted octanol–water partition coefficient (Wildman–Crippen LogP) is 2.62. The quantitative estimate of drug-likeness (QED) is 0.727. The van der Waals surface area contributed by atoms with Crippen molar-refractivity contribution < 1.29 is 0 Å². The Morgan fingerprint density at radius 3 is 2.70 bits per heavy atom. The molecule has 1 aromatic carbocycles. The summed E-state index contributed by atoms with van der Waals surface area (Å²) in [5.74, 6) is 0. The van der Waals surface area contributed by atoms with Gasteiger partial charge >= 0.3 is 0 Å². The molecule has 0 unspecified atom stereocenters. The normalized spacial score (nSPS) is 10.4. The minimum atomic E-state index is 0.200. The Balaban J connectivity index is 2.27. The largest absolute Gasteiger partial charge is 0.234 e. The molecule has 3 rings (SSSR count). The van der Waals surface area contributed by atoms with Crippen LogP contribution in [-0.4, -0.2) is 25.2 Å². The van der Waals surface area contributed by atoms with E-state index in [0.717, 1.165) is 5.01 Å². The number of nitrogens with zero attached hydrogens (tertiary/aromatic N) is 6. The fourth-order valence-corrected chi connectivity index (χ4v) is 2.62. The van der Waals surface area contributed by atoms with Crippen molar-refractivity contribution >= 4 is 22.9 Å². The molecule has 0 N–H and O–H groups in total. The number of hydrogen-bond donors (Lipinski definition) is 0. The highest BCUT2D eigenvalue weighted by Crippen LogP contribution is 2.31. The van der Waals surface area contributed by atoms with E-state index in [4.69, 9.17) is 11.6 Å². The molecule has 20 heavy (non-hydrogen) atoms. The summed E-state index contributed by atoms with van der Waals surface area (Å²) < 4.78 is 1.49. The third-order valence-electron chi connectivity index (χ3n) is 2.60. The number of benzene rings is 1. The van der Waals surface area contributed by atoms with Gasteiger partial charge < -0.3 is 0 Å². The summed E-state index contributed by atoms with van der Waals surface area (Å²) in [5.41, 5.74) is 1.41. The molecule has 0 spiro atoms.